The number of alkyl halides is 2. The second-order valence-electron chi connectivity index (χ2n) is 5.54. The fourth-order valence-electron chi connectivity index (χ4n) is 3.28. The van der Waals surface area contributed by atoms with Crippen molar-refractivity contribution in [2.45, 2.75) is 38.7 Å². The third-order valence-corrected chi connectivity index (χ3v) is 4.32. The molecule has 112 valence electrons. The minimum Gasteiger partial charge on any atom is -0.330 e. The molecule has 0 amide bonds. The average Bonchev–Trinajstić information content (AvgIpc) is 2.68. The van der Waals surface area contributed by atoms with Crippen LogP contribution >= 0.6 is 0 Å². The SMILES string of the molecule is CCN1CCCCC(CN)C1c1cccc(C(F)F)c1. The van der Waals surface area contributed by atoms with Gasteiger partial charge in [-0.1, -0.05) is 31.5 Å². The summed E-state index contributed by atoms with van der Waals surface area (Å²) in [6.45, 7) is 4.69. The average molecular weight is 282 g/mol. The molecule has 20 heavy (non-hydrogen) atoms. The summed E-state index contributed by atoms with van der Waals surface area (Å²) in [7, 11) is 0. The molecule has 0 saturated carbocycles. The van der Waals surface area contributed by atoms with E-state index in [0.29, 0.717) is 12.5 Å². The van der Waals surface area contributed by atoms with Crippen molar-refractivity contribution in [1.82, 2.24) is 4.90 Å². The van der Waals surface area contributed by atoms with Crippen LogP contribution in [-0.4, -0.2) is 24.5 Å². The van der Waals surface area contributed by atoms with Gasteiger partial charge in [0.1, 0.15) is 0 Å². The molecule has 1 aromatic rings. The van der Waals surface area contributed by atoms with Gasteiger partial charge < -0.3 is 5.73 Å². The minimum atomic E-state index is -2.41. The van der Waals surface area contributed by atoms with Crippen LogP contribution in [0, 0.1) is 5.92 Å². The van der Waals surface area contributed by atoms with E-state index in [1.807, 2.05) is 6.07 Å². The van der Waals surface area contributed by atoms with Gasteiger partial charge in [-0.3, -0.25) is 4.90 Å². The lowest BCUT2D eigenvalue weighted by Gasteiger charge is -2.34. The monoisotopic (exact) mass is 282 g/mol. The minimum absolute atomic E-state index is 0.110. The van der Waals surface area contributed by atoms with E-state index in [-0.39, 0.29) is 11.6 Å². The number of benzene rings is 1. The van der Waals surface area contributed by atoms with Crippen molar-refractivity contribution < 1.29 is 8.78 Å². The number of nitrogens with zero attached hydrogens (tertiary/aromatic N) is 1. The highest BCUT2D eigenvalue weighted by Gasteiger charge is 2.29. The van der Waals surface area contributed by atoms with E-state index in [9.17, 15) is 8.78 Å². The molecule has 1 saturated heterocycles. The molecule has 2 N–H and O–H groups in total. The standard InChI is InChI=1S/C16H24F2N2/c1-2-20-9-4-3-6-14(11-19)15(20)12-7-5-8-13(10-12)16(17)18/h5,7-8,10,14-16H,2-4,6,9,11,19H2,1H3. The number of halogens is 2. The van der Waals surface area contributed by atoms with E-state index in [1.54, 1.807) is 12.1 Å². The fraction of sp³-hybridized carbons (Fsp3) is 0.625. The van der Waals surface area contributed by atoms with Crippen molar-refractivity contribution in [2.24, 2.45) is 11.7 Å². The van der Waals surface area contributed by atoms with Crippen LogP contribution < -0.4 is 5.73 Å². The molecule has 0 bridgehead atoms. The Morgan fingerprint density at radius 1 is 1.35 bits per heavy atom. The Morgan fingerprint density at radius 3 is 2.80 bits per heavy atom. The summed E-state index contributed by atoms with van der Waals surface area (Å²) in [5.41, 5.74) is 7.04. The van der Waals surface area contributed by atoms with Crippen molar-refractivity contribution in [3.63, 3.8) is 0 Å². The second-order valence-corrected chi connectivity index (χ2v) is 5.54. The van der Waals surface area contributed by atoms with Crippen LogP contribution in [0.4, 0.5) is 8.78 Å². The Labute approximate surface area is 120 Å². The first-order valence-electron chi connectivity index (χ1n) is 7.49. The number of nitrogens with two attached hydrogens (primary N) is 1. The first kappa shape index (κ1) is 15.4. The summed E-state index contributed by atoms with van der Waals surface area (Å²) < 4.78 is 25.8. The van der Waals surface area contributed by atoms with Crippen LogP contribution in [0.3, 0.4) is 0 Å². The maximum absolute atomic E-state index is 12.9. The van der Waals surface area contributed by atoms with E-state index >= 15 is 0 Å². The van der Waals surface area contributed by atoms with Gasteiger partial charge in [-0.2, -0.15) is 0 Å². The first-order valence-corrected chi connectivity index (χ1v) is 7.49. The molecule has 2 atom stereocenters. The lowest BCUT2D eigenvalue weighted by Crippen LogP contribution is -2.35. The zero-order valence-corrected chi connectivity index (χ0v) is 12.1. The van der Waals surface area contributed by atoms with Gasteiger partial charge in [-0.25, -0.2) is 8.78 Å². The highest BCUT2D eigenvalue weighted by molar-refractivity contribution is 5.27. The normalized spacial score (nSPS) is 24.9. The number of rotatable bonds is 4. The van der Waals surface area contributed by atoms with Gasteiger partial charge in [-0.05, 0) is 50.0 Å². The summed E-state index contributed by atoms with van der Waals surface area (Å²) in [5, 5.41) is 0. The predicted molar refractivity (Wildman–Crippen MR) is 77.8 cm³/mol. The van der Waals surface area contributed by atoms with Gasteiger partial charge >= 0.3 is 0 Å². The van der Waals surface area contributed by atoms with Crippen LogP contribution in [0.5, 0.6) is 0 Å². The zero-order valence-electron chi connectivity index (χ0n) is 12.1. The van der Waals surface area contributed by atoms with Crippen LogP contribution in [0.25, 0.3) is 0 Å². The third kappa shape index (κ3) is 3.36. The first-order chi connectivity index (χ1) is 9.67. The fourth-order valence-corrected chi connectivity index (χ4v) is 3.28. The molecule has 1 heterocycles. The van der Waals surface area contributed by atoms with Crippen molar-refractivity contribution >= 4 is 0 Å². The topological polar surface area (TPSA) is 29.3 Å². The van der Waals surface area contributed by atoms with E-state index in [4.69, 9.17) is 5.73 Å². The van der Waals surface area contributed by atoms with Gasteiger partial charge in [0.05, 0.1) is 0 Å². The third-order valence-electron chi connectivity index (χ3n) is 4.32. The van der Waals surface area contributed by atoms with Gasteiger partial charge in [0.2, 0.25) is 0 Å². The van der Waals surface area contributed by atoms with Gasteiger partial charge in [0, 0.05) is 11.6 Å². The lowest BCUT2D eigenvalue weighted by atomic mass is 9.88. The Morgan fingerprint density at radius 2 is 2.15 bits per heavy atom. The Balaban J connectivity index is 2.35. The molecular weight excluding hydrogens is 258 g/mol. The molecule has 1 aliphatic heterocycles. The van der Waals surface area contributed by atoms with Crippen molar-refractivity contribution in [2.75, 3.05) is 19.6 Å². The molecule has 0 aromatic heterocycles. The van der Waals surface area contributed by atoms with E-state index in [2.05, 4.69) is 11.8 Å². The van der Waals surface area contributed by atoms with Gasteiger partial charge in [-0.15, -0.1) is 0 Å². The second kappa shape index (κ2) is 7.14. The van der Waals surface area contributed by atoms with Crippen LogP contribution in [0.1, 0.15) is 49.8 Å². The van der Waals surface area contributed by atoms with Crippen molar-refractivity contribution in [3.05, 3.63) is 35.4 Å². The highest BCUT2D eigenvalue weighted by atomic mass is 19.3. The molecule has 1 aromatic carbocycles. The molecule has 2 nitrogen and oxygen atoms in total. The van der Waals surface area contributed by atoms with Gasteiger partial charge in [0.25, 0.3) is 6.43 Å². The highest BCUT2D eigenvalue weighted by Crippen LogP contribution is 2.35. The van der Waals surface area contributed by atoms with Crippen molar-refractivity contribution in [3.8, 4) is 0 Å². The van der Waals surface area contributed by atoms with E-state index < -0.39 is 6.43 Å². The lowest BCUT2D eigenvalue weighted by molar-refractivity contribution is 0.149. The number of hydrogen-bond acceptors (Lipinski definition) is 2. The molecule has 1 fully saturated rings. The molecule has 0 spiro atoms. The predicted octanol–water partition coefficient (Wildman–Crippen LogP) is 3.75. The van der Waals surface area contributed by atoms with Crippen LogP contribution in [-0.2, 0) is 0 Å². The zero-order chi connectivity index (χ0) is 14.5. The maximum atomic E-state index is 12.9. The smallest absolute Gasteiger partial charge is 0.263 e. The molecule has 2 unspecified atom stereocenters. The molecular formula is C16H24F2N2. The Hall–Kier alpha value is -1.00. The van der Waals surface area contributed by atoms with E-state index in [1.165, 1.54) is 12.5 Å². The Bertz CT molecular complexity index is 409. The summed E-state index contributed by atoms with van der Waals surface area (Å²) >= 11 is 0. The molecule has 4 heteroatoms. The summed E-state index contributed by atoms with van der Waals surface area (Å²) in [5.74, 6) is 0.352. The molecule has 0 aliphatic carbocycles. The summed E-state index contributed by atoms with van der Waals surface area (Å²) in [6.07, 6.45) is 1.00. The van der Waals surface area contributed by atoms with E-state index in [0.717, 1.165) is 31.5 Å². The summed E-state index contributed by atoms with van der Waals surface area (Å²) in [4.78, 5) is 2.38. The quantitative estimate of drug-likeness (QED) is 0.911. The molecule has 1 aliphatic rings. The summed E-state index contributed by atoms with van der Waals surface area (Å²) in [6, 6.07) is 7.03. The van der Waals surface area contributed by atoms with Gasteiger partial charge in [0.15, 0.2) is 0 Å². The van der Waals surface area contributed by atoms with Crippen LogP contribution in [0.2, 0.25) is 0 Å². The molecule has 2 rings (SSSR count). The number of hydrogen-bond donors (Lipinski definition) is 1. The largest absolute Gasteiger partial charge is 0.330 e. The van der Waals surface area contributed by atoms with Crippen LogP contribution in [0.15, 0.2) is 24.3 Å². The molecule has 0 radical (unpaired) electrons. The van der Waals surface area contributed by atoms with Crippen molar-refractivity contribution in [1.29, 1.82) is 0 Å². The maximum Gasteiger partial charge on any atom is 0.263 e. The Kier molecular flexibility index (Phi) is 5.49. The number of likely N-dealkylation sites (tertiary alicyclic amines) is 1.